The summed E-state index contributed by atoms with van der Waals surface area (Å²) in [4.78, 5) is 0. The lowest BCUT2D eigenvalue weighted by molar-refractivity contribution is 0.303. The minimum atomic E-state index is 0.394. The van der Waals surface area contributed by atoms with Gasteiger partial charge in [-0.1, -0.05) is 255 Å². The molecule has 0 spiro atoms. The summed E-state index contributed by atoms with van der Waals surface area (Å²) in [5.74, 6) is 3.20. The predicted molar refractivity (Wildman–Crippen MR) is 346 cm³/mol. The van der Waals surface area contributed by atoms with Gasteiger partial charge in [0.1, 0.15) is 49.4 Å². The Hall–Kier alpha value is -10.7. The molecular formula is C80H56O4. The summed E-state index contributed by atoms with van der Waals surface area (Å²) in [7, 11) is 0. The predicted octanol–water partition coefficient (Wildman–Crippen LogP) is 20.9. The first kappa shape index (κ1) is 50.3. The van der Waals surface area contributed by atoms with Crippen molar-refractivity contribution in [2.45, 2.75) is 26.4 Å². The summed E-state index contributed by atoms with van der Waals surface area (Å²) < 4.78 is 27.7. The number of ether oxygens (including phenoxy) is 4. The maximum absolute atomic E-state index is 6.92. The van der Waals surface area contributed by atoms with E-state index >= 15 is 0 Å². The summed E-state index contributed by atoms with van der Waals surface area (Å²) in [6, 6.07) is 104. The van der Waals surface area contributed by atoms with Crippen LogP contribution in [0.25, 0.3) is 110 Å². The van der Waals surface area contributed by atoms with Crippen LogP contribution in [-0.2, 0) is 26.4 Å². The molecule has 7 aliphatic rings. The van der Waals surface area contributed by atoms with E-state index in [0.717, 1.165) is 155 Å². The zero-order valence-corrected chi connectivity index (χ0v) is 46.2. The summed E-state index contributed by atoms with van der Waals surface area (Å²) in [6.07, 6.45) is 0. The Kier molecular flexibility index (Phi) is 13.2. The second-order valence-corrected chi connectivity index (χ2v) is 21.7. The Morgan fingerprint density at radius 1 is 0.179 bits per heavy atom. The minimum absolute atomic E-state index is 0.394. The summed E-state index contributed by atoms with van der Waals surface area (Å²) in [6.45, 7) is 1.58. The van der Waals surface area contributed by atoms with Gasteiger partial charge in [0.2, 0.25) is 0 Å². The Morgan fingerprint density at radius 2 is 0.405 bits per heavy atom. The molecule has 7 heterocycles. The van der Waals surface area contributed by atoms with Crippen molar-refractivity contribution >= 4 is 43.1 Å². The molecule has 0 aromatic heterocycles. The lowest BCUT2D eigenvalue weighted by atomic mass is 9.92. The van der Waals surface area contributed by atoms with Crippen LogP contribution >= 0.6 is 0 Å². The standard InChI is InChI=1S/C80H56O4/c1-5-19-69-61(11-1)39-43-73-77(69)78-70-20-6-2-12-62(70)40-44-74(78)82-50-54-25-33-58(34-26-54)66-16-10-18-68(48-66)60-37-29-56(30-38-60)52-84-76-46-42-64-14-4-8-22-72(64)80(76)79-71-21-7-3-13-63(71)41-45-75(79)83-51-55-27-35-59(36-28-55)67-17-9-15-65(47-67)57-31-23-53(24-32-57)49-81-73/h1-48H,49-52H2. The van der Waals surface area contributed by atoms with Gasteiger partial charge in [0, 0.05) is 22.3 Å². The average molecular weight is 1080 g/mol. The van der Waals surface area contributed by atoms with Crippen molar-refractivity contribution in [1.82, 2.24) is 0 Å². The third-order valence-corrected chi connectivity index (χ3v) is 16.5. The fraction of sp³-hybridized carbons (Fsp3) is 0.0500. The number of hydrogen-bond acceptors (Lipinski definition) is 4. The Labute approximate surface area is 489 Å². The Bertz CT molecular complexity index is 4150. The minimum Gasteiger partial charge on any atom is -0.488 e. The smallest absolute Gasteiger partial charge is 0.128 e. The Morgan fingerprint density at radius 3 is 0.643 bits per heavy atom. The third-order valence-electron chi connectivity index (χ3n) is 16.5. The lowest BCUT2D eigenvalue weighted by Crippen LogP contribution is -2.01. The number of hydrogen-bond donors (Lipinski definition) is 0. The van der Waals surface area contributed by atoms with Crippen LogP contribution in [0.15, 0.2) is 291 Å². The van der Waals surface area contributed by atoms with E-state index in [-0.39, 0.29) is 0 Å². The fourth-order valence-electron chi connectivity index (χ4n) is 12.1. The fourth-order valence-corrected chi connectivity index (χ4v) is 12.1. The van der Waals surface area contributed by atoms with Gasteiger partial charge in [0.05, 0.1) is 0 Å². The van der Waals surface area contributed by atoms with E-state index in [4.69, 9.17) is 18.9 Å². The molecule has 0 N–H and O–H groups in total. The molecule has 0 fully saturated rings. The molecule has 0 aliphatic carbocycles. The van der Waals surface area contributed by atoms with Gasteiger partial charge in [-0.2, -0.15) is 0 Å². The molecule has 14 aromatic carbocycles. The molecule has 0 amide bonds. The first-order valence-electron chi connectivity index (χ1n) is 28.8. The van der Waals surface area contributed by atoms with Crippen LogP contribution in [0.5, 0.6) is 23.0 Å². The molecular weight excluding hydrogens is 1020 g/mol. The van der Waals surface area contributed by atoms with Crippen molar-refractivity contribution in [2.75, 3.05) is 0 Å². The zero-order valence-electron chi connectivity index (χ0n) is 46.2. The molecule has 0 unspecified atom stereocenters. The molecule has 4 nitrogen and oxygen atoms in total. The molecule has 0 atom stereocenters. The third kappa shape index (κ3) is 9.84. The number of fused-ring (bicyclic) bond motifs is 4. The largest absolute Gasteiger partial charge is 0.488 e. The summed E-state index contributed by atoms with van der Waals surface area (Å²) in [5.41, 5.74) is 17.5. The quantitative estimate of drug-likeness (QED) is 0.152. The molecule has 0 radical (unpaired) electrons. The average Bonchev–Trinajstić information content (AvgIpc) is 3.74. The first-order chi connectivity index (χ1) is 41.6. The topological polar surface area (TPSA) is 36.9 Å². The van der Waals surface area contributed by atoms with Gasteiger partial charge < -0.3 is 18.9 Å². The molecule has 21 rings (SSSR count). The second kappa shape index (κ2) is 22.0. The van der Waals surface area contributed by atoms with Crippen LogP contribution in [0, 0.1) is 0 Å². The van der Waals surface area contributed by atoms with Crippen LogP contribution < -0.4 is 18.9 Å². The van der Waals surface area contributed by atoms with Gasteiger partial charge in [-0.05, 0) is 146 Å². The highest BCUT2D eigenvalue weighted by atomic mass is 16.5. The van der Waals surface area contributed by atoms with E-state index in [2.05, 4.69) is 291 Å². The van der Waals surface area contributed by atoms with Crippen molar-refractivity contribution in [3.8, 4) is 89.8 Å². The molecule has 12 bridgehead atoms. The van der Waals surface area contributed by atoms with Gasteiger partial charge in [-0.25, -0.2) is 0 Å². The van der Waals surface area contributed by atoms with Gasteiger partial charge in [0.15, 0.2) is 0 Å². The van der Waals surface area contributed by atoms with E-state index in [1.807, 2.05) is 0 Å². The van der Waals surface area contributed by atoms with Gasteiger partial charge >= 0.3 is 0 Å². The second-order valence-electron chi connectivity index (χ2n) is 21.7. The molecule has 84 heavy (non-hydrogen) atoms. The maximum atomic E-state index is 6.92. The highest BCUT2D eigenvalue weighted by Gasteiger charge is 2.22. The molecule has 400 valence electrons. The molecule has 0 saturated carbocycles. The van der Waals surface area contributed by atoms with E-state index in [0.29, 0.717) is 26.4 Å². The van der Waals surface area contributed by atoms with Gasteiger partial charge in [-0.3, -0.25) is 0 Å². The molecule has 0 saturated heterocycles. The molecule has 7 aliphatic heterocycles. The maximum Gasteiger partial charge on any atom is 0.128 e. The molecule has 14 aromatic rings. The van der Waals surface area contributed by atoms with Crippen LogP contribution in [0.4, 0.5) is 0 Å². The lowest BCUT2D eigenvalue weighted by Gasteiger charge is -2.20. The van der Waals surface area contributed by atoms with E-state index in [1.54, 1.807) is 0 Å². The SMILES string of the molecule is c1cc2cc(c1)-c1ccc(cc1)COc1ccc3ccccc3c1-c1c(ccc3ccccc13)OCc1ccc(cc1)-c1cccc(c1)-c1ccc(cc1)COc1ccc3ccccc3c1-c1c(ccc3ccccc13)OCc1ccc-2cc1. The molecule has 4 heteroatoms. The van der Waals surface area contributed by atoms with E-state index < -0.39 is 0 Å². The van der Waals surface area contributed by atoms with Crippen molar-refractivity contribution in [3.63, 3.8) is 0 Å². The van der Waals surface area contributed by atoms with Crippen LogP contribution in [0.2, 0.25) is 0 Å². The summed E-state index contributed by atoms with van der Waals surface area (Å²) in [5, 5.41) is 8.94. The van der Waals surface area contributed by atoms with Crippen LogP contribution in [0.3, 0.4) is 0 Å². The normalized spacial score (nSPS) is 12.5. The summed E-state index contributed by atoms with van der Waals surface area (Å²) >= 11 is 0. The Balaban J connectivity index is 0.802. The van der Waals surface area contributed by atoms with Crippen molar-refractivity contribution in [3.05, 3.63) is 313 Å². The highest BCUT2D eigenvalue weighted by Crippen LogP contribution is 2.48. The monoisotopic (exact) mass is 1080 g/mol. The number of benzene rings is 14. The van der Waals surface area contributed by atoms with Crippen molar-refractivity contribution in [2.24, 2.45) is 0 Å². The number of rotatable bonds is 0. The highest BCUT2D eigenvalue weighted by molar-refractivity contribution is 6.11. The van der Waals surface area contributed by atoms with Crippen LogP contribution in [0.1, 0.15) is 22.3 Å². The van der Waals surface area contributed by atoms with E-state index in [9.17, 15) is 0 Å². The van der Waals surface area contributed by atoms with Gasteiger partial charge in [0.25, 0.3) is 0 Å². The van der Waals surface area contributed by atoms with E-state index in [1.165, 1.54) is 0 Å². The zero-order chi connectivity index (χ0) is 55.8. The van der Waals surface area contributed by atoms with Crippen LogP contribution in [-0.4, -0.2) is 0 Å². The van der Waals surface area contributed by atoms with Gasteiger partial charge in [-0.15, -0.1) is 0 Å². The van der Waals surface area contributed by atoms with Crippen molar-refractivity contribution < 1.29 is 18.9 Å². The van der Waals surface area contributed by atoms with Crippen molar-refractivity contribution in [1.29, 1.82) is 0 Å². The first-order valence-corrected chi connectivity index (χ1v) is 28.8.